The van der Waals surface area contributed by atoms with Gasteiger partial charge in [0.05, 0.1) is 4.47 Å². The lowest BCUT2D eigenvalue weighted by atomic mass is 9.87. The Morgan fingerprint density at radius 1 is 1.28 bits per heavy atom. The number of amides is 2. The summed E-state index contributed by atoms with van der Waals surface area (Å²) < 4.78 is 6.28. The van der Waals surface area contributed by atoms with Gasteiger partial charge in [-0.05, 0) is 64.1 Å². The van der Waals surface area contributed by atoms with Crippen LogP contribution in [0, 0.1) is 5.92 Å². The van der Waals surface area contributed by atoms with Crippen LogP contribution in [0.25, 0.3) is 0 Å². The summed E-state index contributed by atoms with van der Waals surface area (Å²) >= 11 is 8.40. The third kappa shape index (κ3) is 6.28. The Morgan fingerprint density at radius 3 is 2.52 bits per heavy atom. The zero-order valence-electron chi connectivity index (χ0n) is 14.4. The molecule has 6 nitrogen and oxygen atoms in total. The van der Waals surface area contributed by atoms with Crippen LogP contribution in [-0.2, 0) is 15.0 Å². The zero-order valence-corrected chi connectivity index (χ0v) is 16.8. The molecule has 25 heavy (non-hydrogen) atoms. The molecule has 136 valence electrons. The Hall–Kier alpha value is -1.67. The zero-order chi connectivity index (χ0) is 18.6. The van der Waals surface area contributed by atoms with Crippen molar-refractivity contribution in [1.82, 2.24) is 16.2 Å². The predicted octanol–water partition coefficient (Wildman–Crippen LogP) is 2.56. The van der Waals surface area contributed by atoms with E-state index in [0.29, 0.717) is 5.75 Å². The normalized spacial score (nSPS) is 13.8. The van der Waals surface area contributed by atoms with Gasteiger partial charge in [0.1, 0.15) is 5.75 Å². The van der Waals surface area contributed by atoms with Crippen molar-refractivity contribution in [3.8, 4) is 5.75 Å². The fourth-order valence-corrected chi connectivity index (χ4v) is 2.63. The predicted molar refractivity (Wildman–Crippen MR) is 103 cm³/mol. The van der Waals surface area contributed by atoms with Crippen molar-refractivity contribution in [3.63, 3.8) is 0 Å². The molecule has 1 aliphatic rings. The number of halogens is 1. The first-order valence-corrected chi connectivity index (χ1v) is 9.19. The highest BCUT2D eigenvalue weighted by Crippen LogP contribution is 2.31. The third-order valence-corrected chi connectivity index (χ3v) is 4.48. The first kappa shape index (κ1) is 19.7. The smallest absolute Gasteiger partial charge is 0.276 e. The van der Waals surface area contributed by atoms with Gasteiger partial charge in [-0.3, -0.25) is 20.4 Å². The maximum atomic E-state index is 11.8. The van der Waals surface area contributed by atoms with E-state index in [0.717, 1.165) is 22.9 Å². The minimum Gasteiger partial charge on any atom is -0.483 e. The number of rotatable bonds is 4. The summed E-state index contributed by atoms with van der Waals surface area (Å²) in [5.74, 6) is 0.0978. The van der Waals surface area contributed by atoms with E-state index in [9.17, 15) is 9.59 Å². The largest absolute Gasteiger partial charge is 0.483 e. The van der Waals surface area contributed by atoms with Crippen molar-refractivity contribution in [2.24, 2.45) is 5.92 Å². The lowest BCUT2D eigenvalue weighted by molar-refractivity contribution is -0.124. The van der Waals surface area contributed by atoms with Gasteiger partial charge in [0.2, 0.25) is 5.91 Å². The van der Waals surface area contributed by atoms with Gasteiger partial charge in [-0.15, -0.1) is 0 Å². The fourth-order valence-electron chi connectivity index (χ4n) is 1.98. The van der Waals surface area contributed by atoms with E-state index in [1.54, 1.807) is 0 Å². The Balaban J connectivity index is 1.76. The summed E-state index contributed by atoms with van der Waals surface area (Å²) in [6, 6.07) is 5.78. The van der Waals surface area contributed by atoms with Crippen LogP contribution < -0.4 is 20.9 Å². The van der Waals surface area contributed by atoms with E-state index < -0.39 is 5.91 Å². The highest BCUT2D eigenvalue weighted by atomic mass is 79.9. The molecule has 1 saturated carbocycles. The van der Waals surface area contributed by atoms with E-state index in [1.807, 2.05) is 18.2 Å². The average molecular weight is 428 g/mol. The molecule has 0 radical (unpaired) electrons. The molecule has 0 heterocycles. The molecule has 0 saturated heterocycles. The van der Waals surface area contributed by atoms with Crippen LogP contribution in [-0.4, -0.2) is 23.5 Å². The van der Waals surface area contributed by atoms with Gasteiger partial charge in [0, 0.05) is 5.92 Å². The second kappa shape index (κ2) is 8.14. The molecule has 3 N–H and O–H groups in total. The third-order valence-electron chi connectivity index (χ3n) is 3.66. The van der Waals surface area contributed by atoms with Crippen LogP contribution in [0.5, 0.6) is 5.75 Å². The molecule has 2 amide bonds. The number of hydrogen-bond donors (Lipinski definition) is 3. The molecule has 1 aromatic carbocycles. The van der Waals surface area contributed by atoms with E-state index >= 15 is 0 Å². The van der Waals surface area contributed by atoms with Gasteiger partial charge >= 0.3 is 0 Å². The summed E-state index contributed by atoms with van der Waals surface area (Å²) in [5.41, 5.74) is 6.06. The molecular weight excluding hydrogens is 406 g/mol. The van der Waals surface area contributed by atoms with Crippen LogP contribution in [0.15, 0.2) is 22.7 Å². The Bertz CT molecular complexity index is 684. The van der Waals surface area contributed by atoms with E-state index in [-0.39, 0.29) is 29.0 Å². The Morgan fingerprint density at radius 2 is 1.96 bits per heavy atom. The molecule has 8 heteroatoms. The maximum absolute atomic E-state index is 11.8. The van der Waals surface area contributed by atoms with Crippen molar-refractivity contribution < 1.29 is 14.3 Å². The Labute approximate surface area is 161 Å². The van der Waals surface area contributed by atoms with Gasteiger partial charge in [0.15, 0.2) is 11.7 Å². The lowest BCUT2D eigenvalue weighted by Crippen LogP contribution is -2.50. The molecule has 0 aliphatic heterocycles. The number of hydrogen-bond acceptors (Lipinski definition) is 4. The van der Waals surface area contributed by atoms with Crippen LogP contribution in [0.1, 0.15) is 39.2 Å². The highest BCUT2D eigenvalue weighted by Gasteiger charge is 2.30. The fraction of sp³-hybridized carbons (Fsp3) is 0.471. The number of carbonyl (C=O) groups is 2. The molecular formula is C17H22BrN3O3S. The van der Waals surface area contributed by atoms with Crippen molar-refractivity contribution in [3.05, 3.63) is 28.2 Å². The van der Waals surface area contributed by atoms with Gasteiger partial charge in [-0.2, -0.15) is 0 Å². The van der Waals surface area contributed by atoms with E-state index in [2.05, 4.69) is 52.9 Å². The van der Waals surface area contributed by atoms with E-state index in [4.69, 9.17) is 17.0 Å². The molecule has 2 rings (SSSR count). The van der Waals surface area contributed by atoms with Crippen molar-refractivity contribution >= 4 is 45.1 Å². The Kier molecular flexibility index (Phi) is 6.40. The first-order chi connectivity index (χ1) is 11.7. The minimum atomic E-state index is -0.408. The minimum absolute atomic E-state index is 0.0307. The van der Waals surface area contributed by atoms with Gasteiger partial charge in [0.25, 0.3) is 5.91 Å². The van der Waals surface area contributed by atoms with Crippen LogP contribution in [0.2, 0.25) is 0 Å². The van der Waals surface area contributed by atoms with Crippen molar-refractivity contribution in [1.29, 1.82) is 0 Å². The molecule has 0 unspecified atom stereocenters. The summed E-state index contributed by atoms with van der Waals surface area (Å²) in [5, 5.41) is 2.59. The number of hydrazine groups is 1. The summed E-state index contributed by atoms with van der Waals surface area (Å²) in [7, 11) is 0. The summed E-state index contributed by atoms with van der Waals surface area (Å²) in [4.78, 5) is 23.3. The number of nitrogens with one attached hydrogen (secondary N) is 3. The van der Waals surface area contributed by atoms with Crippen LogP contribution >= 0.6 is 28.1 Å². The number of benzene rings is 1. The molecule has 1 fully saturated rings. The number of ether oxygens (including phenoxy) is 1. The van der Waals surface area contributed by atoms with Gasteiger partial charge in [-0.25, -0.2) is 0 Å². The quantitative estimate of drug-likeness (QED) is 0.508. The van der Waals surface area contributed by atoms with Crippen LogP contribution in [0.4, 0.5) is 0 Å². The highest BCUT2D eigenvalue weighted by molar-refractivity contribution is 9.10. The standard InChI is InChI=1S/C17H22BrN3O3S/c1-17(2,3)11-6-7-13(12(18)8-11)24-9-14(22)20-21-16(25)19-15(23)10-4-5-10/h6-8,10H,4-5,9H2,1-3H3,(H,20,22)(H2,19,21,23,25). The van der Waals surface area contributed by atoms with E-state index in [1.165, 1.54) is 0 Å². The summed E-state index contributed by atoms with van der Waals surface area (Å²) in [6.45, 7) is 6.19. The van der Waals surface area contributed by atoms with Crippen LogP contribution in [0.3, 0.4) is 0 Å². The van der Waals surface area contributed by atoms with Gasteiger partial charge < -0.3 is 10.1 Å². The average Bonchev–Trinajstić information content (AvgIpc) is 3.35. The maximum Gasteiger partial charge on any atom is 0.276 e. The molecule has 0 atom stereocenters. The second-order valence-electron chi connectivity index (χ2n) is 6.95. The number of thiocarbonyl (C=S) groups is 1. The first-order valence-electron chi connectivity index (χ1n) is 7.99. The molecule has 1 aliphatic carbocycles. The lowest BCUT2D eigenvalue weighted by Gasteiger charge is -2.20. The van der Waals surface area contributed by atoms with Crippen molar-refractivity contribution in [2.45, 2.75) is 39.0 Å². The summed E-state index contributed by atoms with van der Waals surface area (Å²) in [6.07, 6.45) is 1.77. The molecule has 0 aromatic heterocycles. The SMILES string of the molecule is CC(C)(C)c1ccc(OCC(=O)NNC(=S)NC(=O)C2CC2)c(Br)c1. The molecule has 1 aromatic rings. The topological polar surface area (TPSA) is 79.5 Å². The van der Waals surface area contributed by atoms with Gasteiger partial charge in [-0.1, -0.05) is 26.8 Å². The monoisotopic (exact) mass is 427 g/mol. The molecule has 0 bridgehead atoms. The second-order valence-corrected chi connectivity index (χ2v) is 8.21. The number of carbonyl (C=O) groups excluding carboxylic acids is 2. The molecule has 0 spiro atoms. The van der Waals surface area contributed by atoms with Crippen molar-refractivity contribution in [2.75, 3.05) is 6.61 Å².